The SMILES string of the molecule is CCNCc1cnc(C)cc1NCC(CC)CC. The third-order valence-corrected chi connectivity index (χ3v) is 3.42. The van der Waals surface area contributed by atoms with E-state index in [-0.39, 0.29) is 0 Å². The summed E-state index contributed by atoms with van der Waals surface area (Å²) >= 11 is 0. The predicted molar refractivity (Wildman–Crippen MR) is 78.9 cm³/mol. The molecule has 18 heavy (non-hydrogen) atoms. The van der Waals surface area contributed by atoms with Gasteiger partial charge in [-0.05, 0) is 25.5 Å². The third kappa shape index (κ3) is 4.65. The van der Waals surface area contributed by atoms with Gasteiger partial charge in [-0.15, -0.1) is 0 Å². The molecular formula is C15H27N3. The van der Waals surface area contributed by atoms with Crippen molar-refractivity contribution in [2.75, 3.05) is 18.4 Å². The lowest BCUT2D eigenvalue weighted by Crippen LogP contribution is -2.17. The van der Waals surface area contributed by atoms with Crippen molar-refractivity contribution >= 4 is 5.69 Å². The molecule has 2 N–H and O–H groups in total. The second-order valence-electron chi connectivity index (χ2n) is 4.83. The Labute approximate surface area is 111 Å². The molecular weight excluding hydrogens is 222 g/mol. The maximum absolute atomic E-state index is 4.38. The zero-order valence-corrected chi connectivity index (χ0v) is 12.2. The zero-order valence-electron chi connectivity index (χ0n) is 12.2. The number of nitrogens with zero attached hydrogens (tertiary/aromatic N) is 1. The van der Waals surface area contributed by atoms with E-state index in [1.807, 2.05) is 13.1 Å². The number of aromatic nitrogens is 1. The molecule has 0 aliphatic carbocycles. The van der Waals surface area contributed by atoms with Gasteiger partial charge in [-0.25, -0.2) is 0 Å². The lowest BCUT2D eigenvalue weighted by molar-refractivity contribution is 0.519. The van der Waals surface area contributed by atoms with Crippen LogP contribution in [0.3, 0.4) is 0 Å². The third-order valence-electron chi connectivity index (χ3n) is 3.42. The lowest BCUT2D eigenvalue weighted by Gasteiger charge is -2.17. The summed E-state index contributed by atoms with van der Waals surface area (Å²) in [5.74, 6) is 0.755. The highest BCUT2D eigenvalue weighted by molar-refractivity contribution is 5.51. The van der Waals surface area contributed by atoms with Crippen LogP contribution in [-0.4, -0.2) is 18.1 Å². The molecule has 0 aliphatic rings. The fourth-order valence-corrected chi connectivity index (χ4v) is 1.98. The molecule has 0 atom stereocenters. The molecule has 1 aromatic rings. The molecule has 0 saturated heterocycles. The van der Waals surface area contributed by atoms with E-state index in [1.54, 1.807) is 0 Å². The molecule has 3 heteroatoms. The van der Waals surface area contributed by atoms with Gasteiger partial charge in [0.25, 0.3) is 0 Å². The van der Waals surface area contributed by atoms with Crippen molar-refractivity contribution < 1.29 is 0 Å². The highest BCUT2D eigenvalue weighted by Crippen LogP contribution is 2.17. The maximum atomic E-state index is 4.38. The molecule has 3 nitrogen and oxygen atoms in total. The van der Waals surface area contributed by atoms with E-state index < -0.39 is 0 Å². The van der Waals surface area contributed by atoms with E-state index in [4.69, 9.17) is 0 Å². The number of nitrogens with one attached hydrogen (secondary N) is 2. The first-order chi connectivity index (χ1) is 8.71. The molecule has 102 valence electrons. The Morgan fingerprint density at radius 2 is 1.94 bits per heavy atom. The van der Waals surface area contributed by atoms with Gasteiger partial charge in [0.1, 0.15) is 0 Å². The average molecular weight is 249 g/mol. The summed E-state index contributed by atoms with van der Waals surface area (Å²) in [6.07, 6.45) is 4.44. The topological polar surface area (TPSA) is 37.0 Å². The fourth-order valence-electron chi connectivity index (χ4n) is 1.98. The summed E-state index contributed by atoms with van der Waals surface area (Å²) in [5.41, 5.74) is 3.56. The second-order valence-corrected chi connectivity index (χ2v) is 4.83. The molecule has 0 amide bonds. The van der Waals surface area contributed by atoms with Crippen molar-refractivity contribution in [3.8, 4) is 0 Å². The molecule has 0 aromatic carbocycles. The Kier molecular flexibility index (Phi) is 6.73. The fraction of sp³-hybridized carbons (Fsp3) is 0.667. The van der Waals surface area contributed by atoms with Gasteiger partial charge >= 0.3 is 0 Å². The minimum atomic E-state index is 0.755. The van der Waals surface area contributed by atoms with E-state index in [2.05, 4.69) is 42.5 Å². The first-order valence-corrected chi connectivity index (χ1v) is 7.11. The van der Waals surface area contributed by atoms with Gasteiger partial charge in [0.2, 0.25) is 0 Å². The van der Waals surface area contributed by atoms with Crippen LogP contribution >= 0.6 is 0 Å². The number of hydrogen-bond donors (Lipinski definition) is 2. The number of rotatable bonds is 8. The van der Waals surface area contributed by atoms with Crippen LogP contribution in [0.4, 0.5) is 5.69 Å². The zero-order chi connectivity index (χ0) is 13.4. The monoisotopic (exact) mass is 249 g/mol. The van der Waals surface area contributed by atoms with E-state index in [0.717, 1.165) is 31.2 Å². The summed E-state index contributed by atoms with van der Waals surface area (Å²) < 4.78 is 0. The van der Waals surface area contributed by atoms with Crippen LogP contribution in [0.5, 0.6) is 0 Å². The van der Waals surface area contributed by atoms with Crippen molar-refractivity contribution in [3.05, 3.63) is 23.5 Å². The van der Waals surface area contributed by atoms with Crippen LogP contribution in [0, 0.1) is 12.8 Å². The Balaban J connectivity index is 2.68. The first-order valence-electron chi connectivity index (χ1n) is 7.11. The van der Waals surface area contributed by atoms with Gasteiger partial charge in [0.05, 0.1) is 0 Å². The van der Waals surface area contributed by atoms with E-state index in [0.29, 0.717) is 0 Å². The van der Waals surface area contributed by atoms with Crippen LogP contribution in [0.25, 0.3) is 0 Å². The summed E-state index contributed by atoms with van der Waals surface area (Å²) in [4.78, 5) is 4.38. The molecule has 0 aliphatic heterocycles. The maximum Gasteiger partial charge on any atom is 0.0419 e. The van der Waals surface area contributed by atoms with Gasteiger partial charge in [0.15, 0.2) is 0 Å². The van der Waals surface area contributed by atoms with Crippen molar-refractivity contribution in [2.24, 2.45) is 5.92 Å². The minimum absolute atomic E-state index is 0.755. The van der Waals surface area contributed by atoms with Gasteiger partial charge in [-0.3, -0.25) is 4.98 Å². The van der Waals surface area contributed by atoms with Crippen LogP contribution in [-0.2, 0) is 6.54 Å². The molecule has 0 spiro atoms. The van der Waals surface area contributed by atoms with Crippen molar-refractivity contribution in [1.82, 2.24) is 10.3 Å². The molecule has 0 unspecified atom stereocenters. The average Bonchev–Trinajstić information content (AvgIpc) is 2.39. The Hall–Kier alpha value is -1.09. The number of hydrogen-bond acceptors (Lipinski definition) is 3. The summed E-state index contributed by atoms with van der Waals surface area (Å²) in [5, 5.41) is 6.94. The standard InChI is InChI=1S/C15H27N3/c1-5-13(6-2)9-18-15-8-12(4)17-11-14(15)10-16-7-3/h8,11,13,16H,5-7,9-10H2,1-4H3,(H,17,18). The first kappa shape index (κ1) is 15.0. The van der Waals surface area contributed by atoms with Crippen LogP contribution in [0.1, 0.15) is 44.9 Å². The predicted octanol–water partition coefficient (Wildman–Crippen LogP) is 3.35. The summed E-state index contributed by atoms with van der Waals surface area (Å²) in [6.45, 7) is 11.6. The molecule has 1 heterocycles. The molecule has 0 fully saturated rings. The smallest absolute Gasteiger partial charge is 0.0419 e. The minimum Gasteiger partial charge on any atom is -0.384 e. The van der Waals surface area contributed by atoms with Crippen LogP contribution < -0.4 is 10.6 Å². The molecule has 0 radical (unpaired) electrons. The largest absolute Gasteiger partial charge is 0.384 e. The lowest BCUT2D eigenvalue weighted by atomic mass is 10.0. The van der Waals surface area contributed by atoms with E-state index >= 15 is 0 Å². The molecule has 0 saturated carbocycles. The van der Waals surface area contributed by atoms with Crippen molar-refractivity contribution in [1.29, 1.82) is 0 Å². The summed E-state index contributed by atoms with van der Waals surface area (Å²) in [6, 6.07) is 2.15. The molecule has 1 rings (SSSR count). The van der Waals surface area contributed by atoms with Gasteiger partial charge < -0.3 is 10.6 Å². The Bertz CT molecular complexity index is 346. The molecule has 0 bridgehead atoms. The van der Waals surface area contributed by atoms with Crippen LogP contribution in [0.2, 0.25) is 0 Å². The normalized spacial score (nSPS) is 10.9. The number of anilines is 1. The van der Waals surface area contributed by atoms with Crippen LogP contribution in [0.15, 0.2) is 12.3 Å². The van der Waals surface area contributed by atoms with Crippen molar-refractivity contribution in [3.63, 3.8) is 0 Å². The molecule has 1 aromatic heterocycles. The van der Waals surface area contributed by atoms with Crippen molar-refractivity contribution in [2.45, 2.75) is 47.1 Å². The highest BCUT2D eigenvalue weighted by Gasteiger charge is 2.06. The summed E-state index contributed by atoms with van der Waals surface area (Å²) in [7, 11) is 0. The Morgan fingerprint density at radius 3 is 2.56 bits per heavy atom. The van der Waals surface area contributed by atoms with E-state index in [1.165, 1.54) is 24.1 Å². The van der Waals surface area contributed by atoms with Gasteiger partial charge in [-0.2, -0.15) is 0 Å². The number of pyridine rings is 1. The quantitative estimate of drug-likeness (QED) is 0.742. The second kappa shape index (κ2) is 8.09. The van der Waals surface area contributed by atoms with E-state index in [9.17, 15) is 0 Å². The van der Waals surface area contributed by atoms with Gasteiger partial charge in [-0.1, -0.05) is 33.6 Å². The number of aryl methyl sites for hydroxylation is 1. The highest BCUT2D eigenvalue weighted by atomic mass is 14.9. The van der Waals surface area contributed by atoms with Gasteiger partial charge in [0, 0.05) is 36.2 Å². The Morgan fingerprint density at radius 1 is 1.22 bits per heavy atom.